The highest BCUT2D eigenvalue weighted by atomic mass is 32.1. The molecule has 1 atom stereocenters. The summed E-state index contributed by atoms with van der Waals surface area (Å²) in [6.45, 7) is 18.6. The third-order valence-corrected chi connectivity index (χ3v) is 6.06. The third kappa shape index (κ3) is 8.06. The average Bonchev–Trinajstić information content (AvgIpc) is 2.58. The second-order valence-corrected chi connectivity index (χ2v) is 9.74. The molecule has 0 aromatic heterocycles. The largest absolute Gasteiger partial charge is 0.428 e. The van der Waals surface area contributed by atoms with E-state index in [1.165, 1.54) is 37.9 Å². The number of benzene rings is 1. The van der Waals surface area contributed by atoms with Gasteiger partial charge in [0.15, 0.2) is 0 Å². The maximum absolute atomic E-state index is 6.00. The van der Waals surface area contributed by atoms with Crippen LogP contribution in [0.15, 0.2) is 24.3 Å². The molecule has 0 aliphatic heterocycles. The van der Waals surface area contributed by atoms with E-state index in [2.05, 4.69) is 90.3 Å². The molecule has 0 spiro atoms. The zero-order chi connectivity index (χ0) is 19.8. The van der Waals surface area contributed by atoms with Crippen LogP contribution < -0.4 is 5.46 Å². The first-order valence-corrected chi connectivity index (χ1v) is 10.6. The molecule has 1 aromatic carbocycles. The molecule has 2 nitrogen and oxygen atoms in total. The predicted molar refractivity (Wildman–Crippen MR) is 120 cm³/mol. The van der Waals surface area contributed by atoms with Crippen molar-refractivity contribution in [2.24, 2.45) is 5.92 Å². The molecule has 1 aromatic rings. The Morgan fingerprint density at radius 1 is 1.08 bits per heavy atom. The second kappa shape index (κ2) is 10.8. The van der Waals surface area contributed by atoms with Gasteiger partial charge in [-0.05, 0) is 65.1 Å². The van der Waals surface area contributed by atoms with Crippen LogP contribution >= 0.6 is 12.6 Å². The van der Waals surface area contributed by atoms with Crippen molar-refractivity contribution in [2.75, 3.05) is 13.1 Å². The Labute approximate surface area is 168 Å². The first-order valence-electron chi connectivity index (χ1n) is 10.1. The molecule has 1 rings (SSSR count). The summed E-state index contributed by atoms with van der Waals surface area (Å²) in [4.78, 5) is 2.58. The van der Waals surface area contributed by atoms with Crippen molar-refractivity contribution in [1.29, 1.82) is 0 Å². The number of hydrogen-bond acceptors (Lipinski definition) is 3. The monoisotopic (exact) mass is 376 g/mol. The maximum Gasteiger partial charge on any atom is 0.330 e. The van der Waals surface area contributed by atoms with Gasteiger partial charge in [0.2, 0.25) is 0 Å². The van der Waals surface area contributed by atoms with E-state index in [0.29, 0.717) is 0 Å². The molecular formula is C22H39BNOS. The molecule has 0 heterocycles. The van der Waals surface area contributed by atoms with E-state index in [1.807, 2.05) is 7.48 Å². The Kier molecular flexibility index (Phi) is 9.78. The van der Waals surface area contributed by atoms with Gasteiger partial charge >= 0.3 is 7.48 Å². The van der Waals surface area contributed by atoms with E-state index in [0.717, 1.165) is 17.9 Å². The average molecular weight is 376 g/mol. The lowest BCUT2D eigenvalue weighted by atomic mass is 9.83. The fourth-order valence-electron chi connectivity index (χ4n) is 2.51. The summed E-state index contributed by atoms with van der Waals surface area (Å²) in [7, 11) is 1.86. The molecule has 0 bridgehead atoms. The van der Waals surface area contributed by atoms with E-state index < -0.39 is 0 Å². The Hall–Kier alpha value is -0.445. The number of thiol groups is 1. The molecule has 0 fully saturated rings. The van der Waals surface area contributed by atoms with Gasteiger partial charge in [0.25, 0.3) is 0 Å². The molecule has 0 saturated carbocycles. The summed E-state index contributed by atoms with van der Waals surface area (Å²) in [6, 6.07) is 8.74. The van der Waals surface area contributed by atoms with Gasteiger partial charge in [-0.25, -0.2) is 0 Å². The van der Waals surface area contributed by atoms with Gasteiger partial charge in [-0.15, -0.1) is 0 Å². The van der Waals surface area contributed by atoms with Gasteiger partial charge in [-0.3, -0.25) is 4.90 Å². The van der Waals surface area contributed by atoms with Crippen LogP contribution in [0.2, 0.25) is 0 Å². The van der Waals surface area contributed by atoms with Crippen molar-refractivity contribution in [3.8, 4) is 0 Å². The van der Waals surface area contributed by atoms with E-state index in [1.54, 1.807) is 0 Å². The molecule has 1 unspecified atom stereocenters. The summed E-state index contributed by atoms with van der Waals surface area (Å²) in [5.41, 5.74) is 2.14. The van der Waals surface area contributed by atoms with E-state index >= 15 is 0 Å². The van der Waals surface area contributed by atoms with E-state index in [4.69, 9.17) is 4.65 Å². The van der Waals surface area contributed by atoms with Crippen LogP contribution in [0.4, 0.5) is 0 Å². The fraction of sp³-hybridized carbons (Fsp3) is 0.727. The zero-order valence-corrected chi connectivity index (χ0v) is 18.9. The minimum absolute atomic E-state index is 0.209. The van der Waals surface area contributed by atoms with Gasteiger partial charge in [0.1, 0.15) is 0 Å². The van der Waals surface area contributed by atoms with Crippen molar-refractivity contribution in [3.63, 3.8) is 0 Å². The van der Waals surface area contributed by atoms with Crippen LogP contribution in [0.1, 0.15) is 73.3 Å². The summed E-state index contributed by atoms with van der Waals surface area (Å²) in [6.07, 6.45) is 3.75. The summed E-state index contributed by atoms with van der Waals surface area (Å²) in [5.74, 6) is 0.808. The number of rotatable bonds is 12. The van der Waals surface area contributed by atoms with Crippen LogP contribution in [-0.4, -0.2) is 35.8 Å². The van der Waals surface area contributed by atoms with Crippen molar-refractivity contribution < 1.29 is 4.65 Å². The topological polar surface area (TPSA) is 12.5 Å². The van der Waals surface area contributed by atoms with Crippen LogP contribution in [-0.2, 0) is 11.2 Å². The minimum atomic E-state index is -0.331. The quantitative estimate of drug-likeness (QED) is 0.403. The SMILES string of the molecule is CCCN(CCC(C)CC)Cc1ccc([B]OC(C)(C)C(C)(C)S)cc1. The normalized spacial score (nSPS) is 13.9. The van der Waals surface area contributed by atoms with Crippen LogP contribution in [0.25, 0.3) is 0 Å². The fourth-order valence-corrected chi connectivity index (χ4v) is 2.57. The summed E-state index contributed by atoms with van der Waals surface area (Å²) in [5, 5.41) is 0. The van der Waals surface area contributed by atoms with Crippen molar-refractivity contribution in [1.82, 2.24) is 4.90 Å². The van der Waals surface area contributed by atoms with Crippen molar-refractivity contribution in [3.05, 3.63) is 29.8 Å². The minimum Gasteiger partial charge on any atom is -0.428 e. The van der Waals surface area contributed by atoms with Gasteiger partial charge in [0.05, 0.1) is 5.60 Å². The van der Waals surface area contributed by atoms with E-state index in [-0.39, 0.29) is 10.3 Å². The van der Waals surface area contributed by atoms with Crippen molar-refractivity contribution in [2.45, 2.75) is 84.6 Å². The van der Waals surface area contributed by atoms with Gasteiger partial charge in [-0.1, -0.05) is 56.9 Å². The molecule has 147 valence electrons. The standard InChI is InChI=1S/C22H39BNOS/c1-8-15-24(16-14-18(3)9-2)17-19-10-12-20(13-11-19)23-25-21(4,5)22(6,7)26/h10-13,18,26H,8-9,14-17H2,1-7H3. The van der Waals surface area contributed by atoms with Crippen LogP contribution in [0.5, 0.6) is 0 Å². The summed E-state index contributed by atoms with van der Waals surface area (Å²) >= 11 is 4.65. The van der Waals surface area contributed by atoms with E-state index in [9.17, 15) is 0 Å². The first kappa shape index (κ1) is 23.6. The van der Waals surface area contributed by atoms with Gasteiger partial charge in [0, 0.05) is 11.3 Å². The van der Waals surface area contributed by atoms with Gasteiger partial charge in [-0.2, -0.15) is 12.6 Å². The van der Waals surface area contributed by atoms with Crippen LogP contribution in [0, 0.1) is 5.92 Å². The summed E-state index contributed by atoms with van der Waals surface area (Å²) < 4.78 is 5.80. The number of nitrogens with zero attached hydrogens (tertiary/aromatic N) is 1. The van der Waals surface area contributed by atoms with Crippen molar-refractivity contribution >= 4 is 25.6 Å². The highest BCUT2D eigenvalue weighted by Gasteiger charge is 2.34. The number of hydrogen-bond donors (Lipinski definition) is 1. The Balaban J connectivity index is 2.59. The third-order valence-electron chi connectivity index (χ3n) is 5.52. The predicted octanol–water partition coefficient (Wildman–Crippen LogP) is 5.08. The van der Waals surface area contributed by atoms with Gasteiger partial charge < -0.3 is 4.65 Å². The molecule has 26 heavy (non-hydrogen) atoms. The molecule has 4 heteroatoms. The molecule has 0 amide bonds. The Bertz CT molecular complexity index is 510. The molecular weight excluding hydrogens is 337 g/mol. The smallest absolute Gasteiger partial charge is 0.330 e. The molecule has 0 aliphatic rings. The Morgan fingerprint density at radius 2 is 1.69 bits per heavy atom. The molecule has 1 radical (unpaired) electrons. The molecule has 0 aliphatic carbocycles. The van der Waals surface area contributed by atoms with Crippen LogP contribution in [0.3, 0.4) is 0 Å². The lowest BCUT2D eigenvalue weighted by molar-refractivity contribution is 0.0854. The highest BCUT2D eigenvalue weighted by Crippen LogP contribution is 2.30. The maximum atomic E-state index is 6.00. The lowest BCUT2D eigenvalue weighted by Crippen LogP contribution is -2.45. The molecule has 0 N–H and O–H groups in total. The zero-order valence-electron chi connectivity index (χ0n) is 18.0. The Morgan fingerprint density at radius 3 is 2.19 bits per heavy atom. The lowest BCUT2D eigenvalue weighted by Gasteiger charge is -2.38. The molecule has 0 saturated heterocycles. The highest BCUT2D eigenvalue weighted by molar-refractivity contribution is 7.81. The first-order chi connectivity index (χ1) is 12.1. The second-order valence-electron chi connectivity index (χ2n) is 8.62.